The molecule has 1 aliphatic rings. The molecule has 0 spiro atoms. The molecule has 29 heavy (non-hydrogen) atoms. The maximum Gasteiger partial charge on any atom is 0.324 e. The van der Waals surface area contributed by atoms with Crippen molar-refractivity contribution in [3.8, 4) is 0 Å². The van der Waals surface area contributed by atoms with Crippen LogP contribution in [0.1, 0.15) is 5.56 Å². The fourth-order valence-electron chi connectivity index (χ4n) is 3.40. The third-order valence-corrected chi connectivity index (χ3v) is 5.01. The Labute approximate surface area is 170 Å². The summed E-state index contributed by atoms with van der Waals surface area (Å²) in [4.78, 5) is 25.5. The molecule has 0 unspecified atom stereocenters. The number of hydrogen-bond acceptors (Lipinski definition) is 5. The van der Waals surface area contributed by atoms with Gasteiger partial charge in [-0.3, -0.25) is 5.32 Å². The molecular weight excluding hydrogens is 364 g/mol. The molecule has 0 saturated carbocycles. The zero-order chi connectivity index (χ0) is 20.1. The topological polar surface area (TPSA) is 73.4 Å². The van der Waals surface area contributed by atoms with Gasteiger partial charge in [0, 0.05) is 43.6 Å². The van der Waals surface area contributed by atoms with Gasteiger partial charge in [0.25, 0.3) is 0 Å². The van der Waals surface area contributed by atoms with Crippen LogP contribution in [0.5, 0.6) is 0 Å². The molecule has 0 bridgehead atoms. The molecule has 2 N–H and O–H groups in total. The van der Waals surface area contributed by atoms with Gasteiger partial charge in [0.1, 0.15) is 18.0 Å². The first-order chi connectivity index (χ1) is 14.2. The largest absolute Gasteiger partial charge is 0.368 e. The van der Waals surface area contributed by atoms with E-state index in [2.05, 4.69) is 54.7 Å². The lowest BCUT2D eigenvalue weighted by Crippen LogP contribution is -2.46. The fourth-order valence-corrected chi connectivity index (χ4v) is 3.40. The van der Waals surface area contributed by atoms with E-state index in [1.165, 1.54) is 12.0 Å². The van der Waals surface area contributed by atoms with E-state index in [0.29, 0.717) is 5.82 Å². The van der Waals surface area contributed by atoms with Crippen molar-refractivity contribution in [2.45, 2.75) is 6.92 Å². The van der Waals surface area contributed by atoms with E-state index in [0.717, 1.165) is 43.2 Å². The molecule has 1 aliphatic heterocycles. The van der Waals surface area contributed by atoms with Crippen molar-refractivity contribution in [2.24, 2.45) is 0 Å². The van der Waals surface area contributed by atoms with E-state index in [-0.39, 0.29) is 6.03 Å². The van der Waals surface area contributed by atoms with Crippen LogP contribution in [-0.4, -0.2) is 42.2 Å². The van der Waals surface area contributed by atoms with Crippen molar-refractivity contribution in [2.75, 3.05) is 46.6 Å². The van der Waals surface area contributed by atoms with Gasteiger partial charge in [0.05, 0.1) is 0 Å². The fraction of sp³-hybridized carbons (Fsp3) is 0.227. The first kappa shape index (κ1) is 18.7. The van der Waals surface area contributed by atoms with Gasteiger partial charge in [-0.05, 0) is 30.7 Å². The van der Waals surface area contributed by atoms with E-state index in [1.807, 2.05) is 43.3 Å². The number of carbonyl (C=O) groups excluding carboxylic acids is 1. The Morgan fingerprint density at radius 2 is 1.55 bits per heavy atom. The second-order valence-electron chi connectivity index (χ2n) is 6.97. The minimum atomic E-state index is -0.321. The normalized spacial score (nSPS) is 13.8. The highest BCUT2D eigenvalue weighted by Gasteiger charge is 2.19. The van der Waals surface area contributed by atoms with Crippen LogP contribution in [0.25, 0.3) is 0 Å². The average molecular weight is 388 g/mol. The maximum absolute atomic E-state index is 12.3. The Hall–Kier alpha value is -3.61. The van der Waals surface area contributed by atoms with Crippen molar-refractivity contribution < 1.29 is 4.79 Å². The van der Waals surface area contributed by atoms with Crippen LogP contribution in [0.3, 0.4) is 0 Å². The molecule has 4 rings (SSSR count). The minimum absolute atomic E-state index is 0.321. The summed E-state index contributed by atoms with van der Waals surface area (Å²) < 4.78 is 0. The van der Waals surface area contributed by atoms with E-state index >= 15 is 0 Å². The molecule has 7 nitrogen and oxygen atoms in total. The summed E-state index contributed by atoms with van der Waals surface area (Å²) in [7, 11) is 0. The number of hydrogen-bond donors (Lipinski definition) is 2. The second-order valence-corrected chi connectivity index (χ2v) is 6.97. The summed E-state index contributed by atoms with van der Waals surface area (Å²) in [6, 6.07) is 19.6. The van der Waals surface area contributed by atoms with Crippen molar-refractivity contribution in [3.05, 3.63) is 72.6 Å². The number of aryl methyl sites for hydroxylation is 1. The minimum Gasteiger partial charge on any atom is -0.368 e. The lowest BCUT2D eigenvalue weighted by Gasteiger charge is -2.36. The van der Waals surface area contributed by atoms with Crippen LogP contribution in [0.15, 0.2) is 67.0 Å². The molecule has 1 aromatic heterocycles. The lowest BCUT2D eigenvalue weighted by molar-refractivity contribution is 0.262. The van der Waals surface area contributed by atoms with Crippen LogP contribution in [0.4, 0.5) is 27.8 Å². The van der Waals surface area contributed by atoms with Crippen molar-refractivity contribution in [3.63, 3.8) is 0 Å². The zero-order valence-electron chi connectivity index (χ0n) is 16.4. The van der Waals surface area contributed by atoms with E-state index in [4.69, 9.17) is 0 Å². The van der Waals surface area contributed by atoms with Gasteiger partial charge in [0.2, 0.25) is 0 Å². The zero-order valence-corrected chi connectivity index (χ0v) is 16.4. The summed E-state index contributed by atoms with van der Waals surface area (Å²) in [5, 5.41) is 5.64. The summed E-state index contributed by atoms with van der Waals surface area (Å²) in [6.45, 7) is 5.52. The number of para-hydroxylation sites is 2. The van der Waals surface area contributed by atoms with Gasteiger partial charge < -0.3 is 15.1 Å². The number of piperazine rings is 1. The SMILES string of the molecule is Cc1ccccc1NC(=O)Nc1cc(N2CCN(c3ccccc3)CC2)ncn1. The Balaban J connectivity index is 1.36. The van der Waals surface area contributed by atoms with Crippen molar-refractivity contribution in [1.82, 2.24) is 9.97 Å². The van der Waals surface area contributed by atoms with Gasteiger partial charge >= 0.3 is 6.03 Å². The van der Waals surface area contributed by atoms with Gasteiger partial charge in [0.15, 0.2) is 0 Å². The van der Waals surface area contributed by atoms with Gasteiger partial charge in [-0.2, -0.15) is 0 Å². The summed E-state index contributed by atoms with van der Waals surface area (Å²) >= 11 is 0. The molecule has 3 aromatic rings. The Morgan fingerprint density at radius 1 is 0.862 bits per heavy atom. The standard InChI is InChI=1S/C22H24N6O/c1-17-7-5-6-10-19(17)25-22(29)26-20-15-21(24-16-23-20)28-13-11-27(12-14-28)18-8-3-2-4-9-18/h2-10,15-16H,11-14H2,1H3,(H2,23,24,25,26,29). The van der Waals surface area contributed by atoms with Gasteiger partial charge in [-0.15, -0.1) is 0 Å². The number of benzene rings is 2. The number of carbonyl (C=O) groups is 1. The quantitative estimate of drug-likeness (QED) is 0.712. The van der Waals surface area contributed by atoms with Gasteiger partial charge in [-0.25, -0.2) is 14.8 Å². The van der Waals surface area contributed by atoms with Crippen LogP contribution in [-0.2, 0) is 0 Å². The van der Waals surface area contributed by atoms with E-state index < -0.39 is 0 Å². The number of nitrogens with one attached hydrogen (secondary N) is 2. The molecule has 0 aliphatic carbocycles. The highest BCUT2D eigenvalue weighted by atomic mass is 16.2. The number of anilines is 4. The Kier molecular flexibility index (Phi) is 5.56. The molecule has 0 atom stereocenters. The second kappa shape index (κ2) is 8.60. The monoisotopic (exact) mass is 388 g/mol. The van der Waals surface area contributed by atoms with Crippen molar-refractivity contribution >= 4 is 29.0 Å². The van der Waals surface area contributed by atoms with Crippen LogP contribution in [0.2, 0.25) is 0 Å². The lowest BCUT2D eigenvalue weighted by atomic mass is 10.2. The molecule has 2 amide bonds. The molecule has 0 radical (unpaired) electrons. The predicted octanol–water partition coefficient (Wildman–Crippen LogP) is 3.76. The highest BCUT2D eigenvalue weighted by molar-refractivity contribution is 5.99. The summed E-state index contributed by atoms with van der Waals surface area (Å²) in [5.74, 6) is 1.30. The first-order valence-electron chi connectivity index (χ1n) is 9.70. The van der Waals surface area contributed by atoms with Crippen LogP contribution < -0.4 is 20.4 Å². The number of urea groups is 1. The number of nitrogens with zero attached hydrogens (tertiary/aromatic N) is 4. The van der Waals surface area contributed by atoms with Crippen LogP contribution >= 0.6 is 0 Å². The number of rotatable bonds is 4. The van der Waals surface area contributed by atoms with Gasteiger partial charge in [-0.1, -0.05) is 36.4 Å². The van der Waals surface area contributed by atoms with E-state index in [9.17, 15) is 4.79 Å². The summed E-state index contributed by atoms with van der Waals surface area (Å²) in [5.41, 5.74) is 3.02. The third kappa shape index (κ3) is 4.63. The van der Waals surface area contributed by atoms with Crippen LogP contribution in [0, 0.1) is 6.92 Å². The third-order valence-electron chi connectivity index (χ3n) is 5.01. The number of aromatic nitrogens is 2. The highest BCUT2D eigenvalue weighted by Crippen LogP contribution is 2.20. The molecule has 1 saturated heterocycles. The average Bonchev–Trinajstić information content (AvgIpc) is 2.76. The number of amides is 2. The molecular formula is C22H24N6O. The molecule has 1 fully saturated rings. The van der Waals surface area contributed by atoms with E-state index in [1.54, 1.807) is 0 Å². The first-order valence-corrected chi connectivity index (χ1v) is 9.70. The molecule has 148 valence electrons. The van der Waals surface area contributed by atoms with Crippen molar-refractivity contribution in [1.29, 1.82) is 0 Å². The maximum atomic E-state index is 12.3. The summed E-state index contributed by atoms with van der Waals surface area (Å²) in [6.07, 6.45) is 1.49. The molecule has 2 aromatic carbocycles. The Bertz CT molecular complexity index is 970. The molecule has 7 heteroatoms. The molecule has 2 heterocycles. The predicted molar refractivity (Wildman–Crippen MR) is 117 cm³/mol. The smallest absolute Gasteiger partial charge is 0.324 e. The Morgan fingerprint density at radius 3 is 2.31 bits per heavy atom.